The largest absolute Gasteiger partial charge is 0.349 e. The molecule has 5 nitrogen and oxygen atoms in total. The molecule has 0 aromatic carbocycles. The van der Waals surface area contributed by atoms with E-state index in [1.54, 1.807) is 11.3 Å². The number of aromatic nitrogens is 3. The van der Waals surface area contributed by atoms with Crippen LogP contribution in [0.3, 0.4) is 0 Å². The number of hydrogen-bond donors (Lipinski definition) is 1. The number of halogens is 1. The van der Waals surface area contributed by atoms with Crippen LogP contribution in [0.25, 0.3) is 21.5 Å². The molecule has 1 aliphatic rings. The molecule has 7 heteroatoms. The van der Waals surface area contributed by atoms with E-state index >= 15 is 0 Å². The number of carbonyl (C=O) groups is 1. The van der Waals surface area contributed by atoms with Crippen LogP contribution < -0.4 is 5.32 Å². The predicted molar refractivity (Wildman–Crippen MR) is 78.2 cm³/mol. The lowest BCUT2D eigenvalue weighted by atomic mass is 10.2. The first-order chi connectivity index (χ1) is 9.75. The van der Waals surface area contributed by atoms with E-state index in [1.807, 2.05) is 22.2 Å². The number of fused-ring (bicyclic) bond motifs is 2. The van der Waals surface area contributed by atoms with Crippen LogP contribution in [-0.2, 0) is 6.54 Å². The van der Waals surface area contributed by atoms with E-state index in [0.29, 0.717) is 17.3 Å². The lowest BCUT2D eigenvalue weighted by Crippen LogP contribution is -2.34. The van der Waals surface area contributed by atoms with Crippen molar-refractivity contribution in [2.24, 2.45) is 0 Å². The van der Waals surface area contributed by atoms with Gasteiger partial charge in [0.1, 0.15) is 12.0 Å². The normalized spacial score (nSPS) is 14.3. The molecule has 0 saturated carbocycles. The quantitative estimate of drug-likeness (QED) is 0.751. The maximum absolute atomic E-state index is 11.9. The Balaban J connectivity index is 2.00. The predicted octanol–water partition coefficient (Wildman–Crippen LogP) is 2.56. The van der Waals surface area contributed by atoms with Crippen molar-refractivity contribution in [2.75, 3.05) is 6.54 Å². The molecule has 4 rings (SSSR count). The molecule has 4 heterocycles. The number of nitrogens with zero attached hydrogens (tertiary/aromatic N) is 3. The Morgan fingerprint density at radius 3 is 3.15 bits per heavy atom. The van der Waals surface area contributed by atoms with Crippen molar-refractivity contribution in [3.05, 3.63) is 34.7 Å². The molecule has 3 aromatic rings. The van der Waals surface area contributed by atoms with E-state index in [-0.39, 0.29) is 5.91 Å². The second-order valence-corrected chi connectivity index (χ2v) is 5.81. The van der Waals surface area contributed by atoms with E-state index in [4.69, 9.17) is 11.6 Å². The summed E-state index contributed by atoms with van der Waals surface area (Å²) in [7, 11) is 0. The van der Waals surface area contributed by atoms with Gasteiger partial charge in [-0.2, -0.15) is 0 Å². The van der Waals surface area contributed by atoms with Crippen molar-refractivity contribution >= 4 is 39.1 Å². The first-order valence-electron chi connectivity index (χ1n) is 6.11. The van der Waals surface area contributed by atoms with Crippen LogP contribution in [0, 0.1) is 0 Å². The third kappa shape index (κ3) is 1.58. The summed E-state index contributed by atoms with van der Waals surface area (Å²) in [6.07, 6.45) is 3.43. The average molecular weight is 305 g/mol. The Kier molecular flexibility index (Phi) is 2.55. The number of thiophene rings is 1. The van der Waals surface area contributed by atoms with E-state index in [1.165, 1.54) is 6.33 Å². The van der Waals surface area contributed by atoms with Crippen molar-refractivity contribution in [2.45, 2.75) is 6.54 Å². The number of nitrogens with one attached hydrogen (secondary N) is 1. The summed E-state index contributed by atoms with van der Waals surface area (Å²) in [5.74, 6) is -0.135. The van der Waals surface area contributed by atoms with Crippen molar-refractivity contribution < 1.29 is 4.79 Å². The van der Waals surface area contributed by atoms with Gasteiger partial charge in [-0.25, -0.2) is 9.97 Å². The Morgan fingerprint density at radius 2 is 2.30 bits per heavy atom. The van der Waals surface area contributed by atoms with Crippen molar-refractivity contribution in [1.29, 1.82) is 0 Å². The molecule has 0 saturated heterocycles. The Bertz CT molecular complexity index is 838. The number of amides is 1. The molecule has 0 bridgehead atoms. The average Bonchev–Trinajstić information content (AvgIpc) is 3.04. The Hall–Kier alpha value is -1.92. The van der Waals surface area contributed by atoms with Gasteiger partial charge in [-0.05, 0) is 11.4 Å². The maximum atomic E-state index is 11.9. The molecular formula is C13H9ClN4OS. The summed E-state index contributed by atoms with van der Waals surface area (Å²) < 4.78 is 2.87. The van der Waals surface area contributed by atoms with Gasteiger partial charge in [0.25, 0.3) is 5.91 Å². The van der Waals surface area contributed by atoms with E-state index in [9.17, 15) is 4.79 Å². The molecule has 20 heavy (non-hydrogen) atoms. The topological polar surface area (TPSA) is 59.8 Å². The molecule has 1 N–H and O–H groups in total. The minimum Gasteiger partial charge on any atom is -0.349 e. The van der Waals surface area contributed by atoms with Crippen molar-refractivity contribution in [3.63, 3.8) is 0 Å². The summed E-state index contributed by atoms with van der Waals surface area (Å²) in [5, 5.41) is 5.23. The van der Waals surface area contributed by atoms with Crippen LogP contribution in [0.4, 0.5) is 0 Å². The van der Waals surface area contributed by atoms with Gasteiger partial charge in [0.2, 0.25) is 0 Å². The number of rotatable bonds is 1. The van der Waals surface area contributed by atoms with Gasteiger partial charge in [0, 0.05) is 24.8 Å². The van der Waals surface area contributed by atoms with Crippen LogP contribution in [-0.4, -0.2) is 27.0 Å². The Labute approximate surface area is 123 Å². The zero-order valence-corrected chi connectivity index (χ0v) is 11.8. The minimum absolute atomic E-state index is 0.135. The zero-order chi connectivity index (χ0) is 13.7. The molecule has 1 aliphatic heterocycles. The summed E-state index contributed by atoms with van der Waals surface area (Å²) >= 11 is 7.97. The maximum Gasteiger partial charge on any atom is 0.269 e. The highest BCUT2D eigenvalue weighted by Crippen LogP contribution is 2.37. The lowest BCUT2D eigenvalue weighted by Gasteiger charge is -2.15. The monoisotopic (exact) mass is 304 g/mol. The molecule has 0 atom stereocenters. The van der Waals surface area contributed by atoms with Crippen LogP contribution >= 0.6 is 22.9 Å². The lowest BCUT2D eigenvalue weighted by molar-refractivity contribution is 0.0928. The molecule has 0 radical (unpaired) electrons. The van der Waals surface area contributed by atoms with Crippen molar-refractivity contribution in [3.8, 4) is 11.3 Å². The fraction of sp³-hybridized carbons (Fsp3) is 0.154. The second-order valence-electron chi connectivity index (χ2n) is 4.51. The van der Waals surface area contributed by atoms with Gasteiger partial charge in [-0.15, -0.1) is 11.3 Å². The van der Waals surface area contributed by atoms with E-state index in [2.05, 4.69) is 15.3 Å². The minimum atomic E-state index is -0.135. The summed E-state index contributed by atoms with van der Waals surface area (Å²) in [6, 6.07) is 1.95. The van der Waals surface area contributed by atoms with Crippen LogP contribution in [0.2, 0.25) is 5.02 Å². The van der Waals surface area contributed by atoms with Gasteiger partial charge in [0.05, 0.1) is 20.9 Å². The van der Waals surface area contributed by atoms with Crippen LogP contribution in [0.1, 0.15) is 10.5 Å². The smallest absolute Gasteiger partial charge is 0.269 e. The second kappa shape index (κ2) is 4.29. The van der Waals surface area contributed by atoms with Crippen molar-refractivity contribution in [1.82, 2.24) is 19.9 Å². The SMILES string of the molecule is O=C1NCCn2cc(-c3ncnc4ccsc34)c(Cl)c21. The molecule has 0 unspecified atom stereocenters. The molecule has 0 fully saturated rings. The van der Waals surface area contributed by atoms with Gasteiger partial charge >= 0.3 is 0 Å². The zero-order valence-electron chi connectivity index (χ0n) is 10.3. The summed E-state index contributed by atoms with van der Waals surface area (Å²) in [5.41, 5.74) is 2.97. The van der Waals surface area contributed by atoms with Gasteiger partial charge < -0.3 is 9.88 Å². The number of carbonyl (C=O) groups excluding carboxylic acids is 1. The first kappa shape index (κ1) is 11.9. The van der Waals surface area contributed by atoms with E-state index in [0.717, 1.165) is 28.0 Å². The summed E-state index contributed by atoms with van der Waals surface area (Å²) in [4.78, 5) is 20.5. The highest BCUT2D eigenvalue weighted by Gasteiger charge is 2.25. The fourth-order valence-electron chi connectivity index (χ4n) is 2.46. The molecule has 0 aliphatic carbocycles. The van der Waals surface area contributed by atoms with Crippen LogP contribution in [0.15, 0.2) is 24.0 Å². The van der Waals surface area contributed by atoms with Gasteiger partial charge in [-0.1, -0.05) is 11.6 Å². The molecule has 100 valence electrons. The molecule has 3 aromatic heterocycles. The summed E-state index contributed by atoms with van der Waals surface area (Å²) in [6.45, 7) is 1.34. The van der Waals surface area contributed by atoms with Crippen LogP contribution in [0.5, 0.6) is 0 Å². The highest BCUT2D eigenvalue weighted by atomic mass is 35.5. The highest BCUT2D eigenvalue weighted by molar-refractivity contribution is 7.17. The number of hydrogen-bond acceptors (Lipinski definition) is 4. The van der Waals surface area contributed by atoms with E-state index < -0.39 is 0 Å². The first-order valence-corrected chi connectivity index (χ1v) is 7.37. The Morgan fingerprint density at radius 1 is 1.40 bits per heavy atom. The standard InChI is InChI=1S/C13H9ClN4OS/c14-9-7(5-18-3-2-15-13(19)11(9)18)10-12-8(1-4-20-12)16-6-17-10/h1,4-6H,2-3H2,(H,15,19). The molecule has 1 amide bonds. The third-order valence-electron chi connectivity index (χ3n) is 3.37. The third-order valence-corrected chi connectivity index (χ3v) is 4.66. The van der Waals surface area contributed by atoms with Gasteiger partial charge in [-0.3, -0.25) is 4.79 Å². The molecular weight excluding hydrogens is 296 g/mol. The fourth-order valence-corrected chi connectivity index (χ4v) is 3.64. The van der Waals surface area contributed by atoms with Gasteiger partial charge in [0.15, 0.2) is 0 Å². The molecule has 0 spiro atoms.